The molecule has 0 aliphatic rings. The smallest absolute Gasteiger partial charge is 0.339 e. The molecule has 6 heteroatoms. The van der Waals surface area contributed by atoms with Gasteiger partial charge in [0.25, 0.3) is 0 Å². The number of benzene rings is 1. The normalized spacial score (nSPS) is 9.94. The van der Waals surface area contributed by atoms with Gasteiger partial charge in [0.2, 0.25) is 0 Å². The molecule has 0 unspecified atom stereocenters. The predicted octanol–water partition coefficient (Wildman–Crippen LogP) is 2.70. The van der Waals surface area contributed by atoms with E-state index in [9.17, 15) is 14.0 Å². The van der Waals surface area contributed by atoms with Crippen molar-refractivity contribution in [2.45, 2.75) is 12.8 Å². The van der Waals surface area contributed by atoms with Gasteiger partial charge in [-0.2, -0.15) is 0 Å². The Morgan fingerprint density at radius 2 is 2.11 bits per heavy atom. The summed E-state index contributed by atoms with van der Waals surface area (Å²) in [4.78, 5) is 22.4. The molecule has 0 spiro atoms. The summed E-state index contributed by atoms with van der Waals surface area (Å²) in [6.07, 6.45) is 0.541. The number of hydrogen-bond acceptors (Lipinski definition) is 4. The first-order valence-electron chi connectivity index (χ1n) is 5.23. The Kier molecular flexibility index (Phi) is 5.77. The third kappa shape index (κ3) is 4.44. The molecule has 4 nitrogen and oxygen atoms in total. The van der Waals surface area contributed by atoms with Gasteiger partial charge in [-0.15, -0.1) is 0 Å². The van der Waals surface area contributed by atoms with Crippen LogP contribution in [0.3, 0.4) is 0 Å². The van der Waals surface area contributed by atoms with Crippen molar-refractivity contribution < 1.29 is 23.5 Å². The van der Waals surface area contributed by atoms with Crippen molar-refractivity contribution in [3.8, 4) is 0 Å². The van der Waals surface area contributed by atoms with E-state index in [0.29, 0.717) is 10.9 Å². The van der Waals surface area contributed by atoms with Crippen LogP contribution < -0.4 is 0 Å². The molecule has 0 aromatic heterocycles. The number of methoxy groups -OCH3 is 1. The first kappa shape index (κ1) is 14.6. The molecule has 0 aliphatic heterocycles. The summed E-state index contributed by atoms with van der Waals surface area (Å²) in [6.45, 7) is 0.0802. The van der Waals surface area contributed by atoms with E-state index in [0.717, 1.165) is 6.07 Å². The molecule has 1 rings (SSSR count). The van der Waals surface area contributed by atoms with Gasteiger partial charge in [0, 0.05) is 10.9 Å². The number of esters is 2. The number of carbonyl (C=O) groups excluding carboxylic acids is 2. The fourth-order valence-electron chi connectivity index (χ4n) is 1.22. The average molecular weight is 319 g/mol. The standard InChI is InChI=1S/C12H12BrFO4/c1-17-11(15)3-2-6-18-12(16)9-7-8(14)4-5-10(9)13/h4-5,7H,2-3,6H2,1H3. The highest BCUT2D eigenvalue weighted by atomic mass is 79.9. The third-order valence-electron chi connectivity index (χ3n) is 2.13. The van der Waals surface area contributed by atoms with Crippen molar-refractivity contribution in [1.82, 2.24) is 0 Å². The van der Waals surface area contributed by atoms with E-state index >= 15 is 0 Å². The van der Waals surface area contributed by atoms with Gasteiger partial charge in [-0.1, -0.05) is 0 Å². The quantitative estimate of drug-likeness (QED) is 0.618. The predicted molar refractivity (Wildman–Crippen MR) is 65.6 cm³/mol. The third-order valence-corrected chi connectivity index (χ3v) is 2.83. The molecule has 18 heavy (non-hydrogen) atoms. The molecule has 98 valence electrons. The molecule has 1 aromatic rings. The fraction of sp³-hybridized carbons (Fsp3) is 0.333. The summed E-state index contributed by atoms with van der Waals surface area (Å²) in [6, 6.07) is 3.76. The zero-order valence-electron chi connectivity index (χ0n) is 9.74. The van der Waals surface area contributed by atoms with E-state index in [1.54, 1.807) is 0 Å². The largest absolute Gasteiger partial charge is 0.469 e. The summed E-state index contributed by atoms with van der Waals surface area (Å²) >= 11 is 3.13. The van der Waals surface area contributed by atoms with E-state index in [-0.39, 0.29) is 24.6 Å². The minimum absolute atomic E-state index is 0.0802. The van der Waals surface area contributed by atoms with Crippen LogP contribution in [0, 0.1) is 5.82 Å². The maximum absolute atomic E-state index is 13.0. The SMILES string of the molecule is COC(=O)CCCOC(=O)c1cc(F)ccc1Br. The van der Waals surface area contributed by atoms with Crippen LogP contribution in [0.15, 0.2) is 22.7 Å². The Morgan fingerprint density at radius 1 is 1.39 bits per heavy atom. The van der Waals surface area contributed by atoms with E-state index in [1.807, 2.05) is 0 Å². The van der Waals surface area contributed by atoms with Gasteiger partial charge >= 0.3 is 11.9 Å². The molecule has 0 atom stereocenters. The lowest BCUT2D eigenvalue weighted by Crippen LogP contribution is -2.09. The first-order valence-corrected chi connectivity index (χ1v) is 6.03. The Labute approximate surface area is 112 Å². The van der Waals surface area contributed by atoms with Crippen molar-refractivity contribution in [1.29, 1.82) is 0 Å². The summed E-state index contributed by atoms with van der Waals surface area (Å²) in [5.74, 6) is -1.51. The second kappa shape index (κ2) is 7.10. The van der Waals surface area contributed by atoms with Crippen LogP contribution >= 0.6 is 15.9 Å². The highest BCUT2D eigenvalue weighted by Gasteiger charge is 2.12. The first-order chi connectivity index (χ1) is 8.54. The molecule has 0 bridgehead atoms. The zero-order chi connectivity index (χ0) is 13.5. The van der Waals surface area contributed by atoms with Crippen molar-refractivity contribution in [2.75, 3.05) is 13.7 Å². The summed E-state index contributed by atoms with van der Waals surface area (Å²) in [5, 5.41) is 0. The summed E-state index contributed by atoms with van der Waals surface area (Å²) in [7, 11) is 1.29. The molecule has 0 saturated carbocycles. The maximum atomic E-state index is 13.0. The van der Waals surface area contributed by atoms with Crippen LogP contribution in [0.1, 0.15) is 23.2 Å². The van der Waals surface area contributed by atoms with E-state index in [4.69, 9.17) is 4.74 Å². The molecule has 0 saturated heterocycles. The van der Waals surface area contributed by atoms with E-state index < -0.39 is 11.8 Å². The Bertz CT molecular complexity index is 448. The molecule has 0 aliphatic carbocycles. The van der Waals surface area contributed by atoms with Crippen LogP contribution in [0.5, 0.6) is 0 Å². The highest BCUT2D eigenvalue weighted by Crippen LogP contribution is 2.18. The fourth-order valence-corrected chi connectivity index (χ4v) is 1.62. The number of carbonyl (C=O) groups is 2. The van der Waals surface area contributed by atoms with Gasteiger partial charge in [-0.3, -0.25) is 4.79 Å². The molecule has 0 amide bonds. The average Bonchev–Trinajstić information content (AvgIpc) is 2.36. The molecular formula is C12H12BrFO4. The van der Waals surface area contributed by atoms with Crippen LogP contribution in [0.25, 0.3) is 0 Å². The van der Waals surface area contributed by atoms with Gasteiger partial charge in [0.05, 0.1) is 19.3 Å². The molecular weight excluding hydrogens is 307 g/mol. The van der Waals surface area contributed by atoms with Crippen LogP contribution in [0.4, 0.5) is 4.39 Å². The Hall–Kier alpha value is -1.43. The molecule has 0 N–H and O–H groups in total. The van der Waals surface area contributed by atoms with Crippen molar-refractivity contribution in [3.63, 3.8) is 0 Å². The molecule has 0 fully saturated rings. The lowest BCUT2D eigenvalue weighted by atomic mass is 10.2. The lowest BCUT2D eigenvalue weighted by molar-refractivity contribution is -0.140. The summed E-state index contributed by atoms with van der Waals surface area (Å²) < 4.78 is 22.8. The van der Waals surface area contributed by atoms with Gasteiger partial charge < -0.3 is 9.47 Å². The van der Waals surface area contributed by atoms with Crippen molar-refractivity contribution in [2.24, 2.45) is 0 Å². The van der Waals surface area contributed by atoms with E-state index in [2.05, 4.69) is 20.7 Å². The monoisotopic (exact) mass is 318 g/mol. The van der Waals surface area contributed by atoms with Crippen molar-refractivity contribution in [3.05, 3.63) is 34.1 Å². The highest BCUT2D eigenvalue weighted by molar-refractivity contribution is 9.10. The van der Waals surface area contributed by atoms with Crippen LogP contribution in [0.2, 0.25) is 0 Å². The lowest BCUT2D eigenvalue weighted by Gasteiger charge is -2.06. The number of rotatable bonds is 5. The number of ether oxygens (including phenoxy) is 2. The van der Waals surface area contributed by atoms with Gasteiger partial charge in [0.1, 0.15) is 5.82 Å². The maximum Gasteiger partial charge on any atom is 0.339 e. The number of halogens is 2. The van der Waals surface area contributed by atoms with Crippen LogP contribution in [-0.4, -0.2) is 25.7 Å². The van der Waals surface area contributed by atoms with Crippen LogP contribution in [-0.2, 0) is 14.3 Å². The minimum atomic E-state index is -0.633. The summed E-state index contributed by atoms with van der Waals surface area (Å²) in [5.41, 5.74) is 0.119. The zero-order valence-corrected chi connectivity index (χ0v) is 11.3. The van der Waals surface area contributed by atoms with Gasteiger partial charge in [-0.05, 0) is 40.5 Å². The Morgan fingerprint density at radius 3 is 2.78 bits per heavy atom. The van der Waals surface area contributed by atoms with Gasteiger partial charge in [0.15, 0.2) is 0 Å². The van der Waals surface area contributed by atoms with Gasteiger partial charge in [-0.25, -0.2) is 9.18 Å². The molecule has 1 aromatic carbocycles. The second-order valence-corrected chi connectivity index (χ2v) is 4.29. The Balaban J connectivity index is 2.46. The number of hydrogen-bond donors (Lipinski definition) is 0. The van der Waals surface area contributed by atoms with E-state index in [1.165, 1.54) is 19.2 Å². The molecule has 0 radical (unpaired) electrons. The second-order valence-electron chi connectivity index (χ2n) is 3.44. The topological polar surface area (TPSA) is 52.6 Å². The minimum Gasteiger partial charge on any atom is -0.469 e. The van der Waals surface area contributed by atoms with Crippen molar-refractivity contribution >= 4 is 27.9 Å². The molecule has 0 heterocycles.